The normalized spacial score (nSPS) is 16.9. The number of rotatable bonds is 2. The van der Waals surface area contributed by atoms with Gasteiger partial charge in [0.05, 0.1) is 10.2 Å². The Hall–Kier alpha value is -2.40. The van der Waals surface area contributed by atoms with Gasteiger partial charge in [-0.2, -0.15) is 0 Å². The number of carbonyl (C=O) groups excluding carboxylic acids is 1. The number of nitrogens with zero attached hydrogens (tertiary/aromatic N) is 3. The second-order valence-electron chi connectivity index (χ2n) is 8.39. The van der Waals surface area contributed by atoms with Crippen LogP contribution < -0.4 is 4.90 Å². The molecule has 5 heteroatoms. The minimum absolute atomic E-state index is 0.175. The van der Waals surface area contributed by atoms with Crippen molar-refractivity contribution in [1.82, 2.24) is 9.88 Å². The molecule has 1 amide bonds. The Labute approximate surface area is 176 Å². The third-order valence-electron chi connectivity index (χ3n) is 6.25. The molecule has 1 fully saturated rings. The van der Waals surface area contributed by atoms with Crippen LogP contribution in [0.5, 0.6) is 0 Å². The summed E-state index contributed by atoms with van der Waals surface area (Å²) in [6.45, 7) is 7.46. The maximum Gasteiger partial charge on any atom is 0.253 e. The first-order chi connectivity index (χ1) is 14.1. The molecule has 4 nitrogen and oxygen atoms in total. The number of carbonyl (C=O) groups is 1. The highest BCUT2D eigenvalue weighted by atomic mass is 32.1. The molecule has 2 aliphatic rings. The fourth-order valence-corrected chi connectivity index (χ4v) is 5.84. The van der Waals surface area contributed by atoms with Gasteiger partial charge >= 0.3 is 0 Å². The standard InChI is InChI=1S/C24H27N3OS/c1-16-13-17(2)22-21(14-16)29-24(25-22)27-11-9-26(10-12-27)23(28)20-8-7-18-5-3-4-6-19(18)15-20/h7-8,13-15H,3-6,9-12H2,1-2H3. The topological polar surface area (TPSA) is 36.4 Å². The first-order valence-corrected chi connectivity index (χ1v) is 11.4. The summed E-state index contributed by atoms with van der Waals surface area (Å²) in [5.74, 6) is 0.175. The molecule has 0 atom stereocenters. The summed E-state index contributed by atoms with van der Waals surface area (Å²) in [5, 5.41) is 1.08. The molecule has 0 unspecified atom stereocenters. The van der Waals surface area contributed by atoms with E-state index in [0.717, 1.165) is 55.2 Å². The van der Waals surface area contributed by atoms with E-state index < -0.39 is 0 Å². The van der Waals surface area contributed by atoms with Crippen LogP contribution in [0.3, 0.4) is 0 Å². The average Bonchev–Trinajstić information content (AvgIpc) is 3.17. The maximum absolute atomic E-state index is 13.0. The molecule has 1 aromatic heterocycles. The zero-order valence-corrected chi connectivity index (χ0v) is 18.0. The van der Waals surface area contributed by atoms with E-state index in [1.165, 1.54) is 39.8 Å². The third-order valence-corrected chi connectivity index (χ3v) is 7.31. The second-order valence-corrected chi connectivity index (χ2v) is 9.40. The Morgan fingerprint density at radius 1 is 0.966 bits per heavy atom. The summed E-state index contributed by atoms with van der Waals surface area (Å²) in [6.07, 6.45) is 4.78. The highest BCUT2D eigenvalue weighted by molar-refractivity contribution is 7.22. The van der Waals surface area contributed by atoms with E-state index in [2.05, 4.69) is 43.0 Å². The fourth-order valence-electron chi connectivity index (χ4n) is 4.64. The summed E-state index contributed by atoms with van der Waals surface area (Å²) in [7, 11) is 0. The molecule has 150 valence electrons. The first kappa shape index (κ1) is 18.6. The van der Waals surface area contributed by atoms with Crippen LogP contribution in [-0.4, -0.2) is 42.0 Å². The van der Waals surface area contributed by atoms with Crippen molar-refractivity contribution in [2.75, 3.05) is 31.1 Å². The number of hydrogen-bond donors (Lipinski definition) is 0. The van der Waals surface area contributed by atoms with Gasteiger partial charge in [0, 0.05) is 31.7 Å². The van der Waals surface area contributed by atoms with Crippen LogP contribution in [-0.2, 0) is 12.8 Å². The van der Waals surface area contributed by atoms with Gasteiger partial charge in [0.15, 0.2) is 5.13 Å². The number of aryl methyl sites for hydroxylation is 4. The lowest BCUT2D eigenvalue weighted by Crippen LogP contribution is -2.48. The smallest absolute Gasteiger partial charge is 0.253 e. The summed E-state index contributed by atoms with van der Waals surface area (Å²) < 4.78 is 1.25. The van der Waals surface area contributed by atoms with Crippen molar-refractivity contribution in [1.29, 1.82) is 0 Å². The summed E-state index contributed by atoms with van der Waals surface area (Å²) in [6, 6.07) is 10.8. The average molecular weight is 406 g/mol. The molecule has 29 heavy (non-hydrogen) atoms. The van der Waals surface area contributed by atoms with E-state index in [1.807, 2.05) is 11.0 Å². The Kier molecular flexibility index (Phi) is 4.78. The summed E-state index contributed by atoms with van der Waals surface area (Å²) >= 11 is 1.76. The molecular weight excluding hydrogens is 378 g/mol. The van der Waals surface area contributed by atoms with Gasteiger partial charge in [-0.15, -0.1) is 0 Å². The first-order valence-electron chi connectivity index (χ1n) is 10.6. The highest BCUT2D eigenvalue weighted by Gasteiger charge is 2.25. The largest absolute Gasteiger partial charge is 0.345 e. The Morgan fingerprint density at radius 2 is 1.72 bits per heavy atom. The molecule has 3 aromatic rings. The van der Waals surface area contributed by atoms with Gasteiger partial charge < -0.3 is 9.80 Å². The molecule has 0 bridgehead atoms. The van der Waals surface area contributed by atoms with Gasteiger partial charge in [0.2, 0.25) is 0 Å². The zero-order valence-electron chi connectivity index (χ0n) is 17.2. The zero-order chi connectivity index (χ0) is 20.0. The number of fused-ring (bicyclic) bond motifs is 2. The van der Waals surface area contributed by atoms with Crippen molar-refractivity contribution in [3.63, 3.8) is 0 Å². The lowest BCUT2D eigenvalue weighted by atomic mass is 9.90. The highest BCUT2D eigenvalue weighted by Crippen LogP contribution is 2.32. The number of hydrogen-bond acceptors (Lipinski definition) is 4. The molecule has 1 aliphatic carbocycles. The van der Waals surface area contributed by atoms with Crippen LogP contribution in [0, 0.1) is 13.8 Å². The molecule has 0 spiro atoms. The van der Waals surface area contributed by atoms with Crippen molar-refractivity contribution in [2.45, 2.75) is 39.5 Å². The lowest BCUT2D eigenvalue weighted by molar-refractivity contribution is 0.0746. The van der Waals surface area contributed by atoms with Gasteiger partial charge in [-0.1, -0.05) is 23.5 Å². The van der Waals surface area contributed by atoms with Crippen molar-refractivity contribution in [3.05, 3.63) is 58.1 Å². The van der Waals surface area contributed by atoms with Gasteiger partial charge in [-0.3, -0.25) is 4.79 Å². The molecule has 0 saturated carbocycles. The Balaban J connectivity index is 1.29. The van der Waals surface area contributed by atoms with Crippen LogP contribution >= 0.6 is 11.3 Å². The maximum atomic E-state index is 13.0. The van der Waals surface area contributed by atoms with Crippen molar-refractivity contribution in [3.8, 4) is 0 Å². The fraction of sp³-hybridized carbons (Fsp3) is 0.417. The van der Waals surface area contributed by atoms with Gasteiger partial charge in [0.25, 0.3) is 5.91 Å². The number of piperazine rings is 1. The van der Waals surface area contributed by atoms with Gasteiger partial charge in [-0.25, -0.2) is 4.98 Å². The molecule has 5 rings (SSSR count). The van der Waals surface area contributed by atoms with Crippen molar-refractivity contribution in [2.24, 2.45) is 0 Å². The molecule has 1 aliphatic heterocycles. The number of aromatic nitrogens is 1. The van der Waals surface area contributed by atoms with Crippen LogP contribution in [0.1, 0.15) is 45.5 Å². The predicted molar refractivity (Wildman–Crippen MR) is 120 cm³/mol. The van der Waals surface area contributed by atoms with Crippen LogP contribution in [0.25, 0.3) is 10.2 Å². The van der Waals surface area contributed by atoms with Crippen LogP contribution in [0.15, 0.2) is 30.3 Å². The van der Waals surface area contributed by atoms with E-state index in [9.17, 15) is 4.79 Å². The van der Waals surface area contributed by atoms with Crippen LogP contribution in [0.2, 0.25) is 0 Å². The Morgan fingerprint density at radius 3 is 2.52 bits per heavy atom. The molecule has 0 radical (unpaired) electrons. The van der Waals surface area contributed by atoms with Crippen LogP contribution in [0.4, 0.5) is 5.13 Å². The van der Waals surface area contributed by atoms with E-state index in [-0.39, 0.29) is 5.91 Å². The monoisotopic (exact) mass is 405 g/mol. The van der Waals surface area contributed by atoms with E-state index in [0.29, 0.717) is 0 Å². The minimum Gasteiger partial charge on any atom is -0.345 e. The van der Waals surface area contributed by atoms with Gasteiger partial charge in [0.1, 0.15) is 0 Å². The molecule has 1 saturated heterocycles. The van der Waals surface area contributed by atoms with E-state index >= 15 is 0 Å². The second kappa shape index (κ2) is 7.45. The Bertz CT molecular complexity index is 1080. The summed E-state index contributed by atoms with van der Waals surface area (Å²) in [5.41, 5.74) is 7.29. The minimum atomic E-state index is 0.175. The molecule has 0 N–H and O–H groups in total. The summed E-state index contributed by atoms with van der Waals surface area (Å²) in [4.78, 5) is 22.3. The van der Waals surface area contributed by atoms with Gasteiger partial charge in [-0.05, 0) is 80.0 Å². The third kappa shape index (κ3) is 3.52. The molecule has 2 aromatic carbocycles. The number of benzene rings is 2. The number of thiazole rings is 1. The number of anilines is 1. The number of amides is 1. The lowest BCUT2D eigenvalue weighted by Gasteiger charge is -2.34. The molecular formula is C24H27N3OS. The van der Waals surface area contributed by atoms with Crippen molar-refractivity contribution < 1.29 is 4.79 Å². The van der Waals surface area contributed by atoms with E-state index in [4.69, 9.17) is 4.98 Å². The van der Waals surface area contributed by atoms with E-state index in [1.54, 1.807) is 11.3 Å². The molecule has 2 heterocycles. The van der Waals surface area contributed by atoms with Crippen molar-refractivity contribution >= 4 is 32.6 Å². The SMILES string of the molecule is Cc1cc(C)c2nc(N3CCN(C(=O)c4ccc5c(c4)CCCC5)CC3)sc2c1. The predicted octanol–water partition coefficient (Wildman–Crippen LogP) is 4.75. The quantitative estimate of drug-likeness (QED) is 0.617.